The summed E-state index contributed by atoms with van der Waals surface area (Å²) < 4.78 is 17.6. The van der Waals surface area contributed by atoms with Crippen molar-refractivity contribution < 1.29 is 9.50 Å². The highest BCUT2D eigenvalue weighted by atomic mass is 19.1. The van der Waals surface area contributed by atoms with Gasteiger partial charge < -0.3 is 15.3 Å². The van der Waals surface area contributed by atoms with Crippen LogP contribution < -0.4 is 10.2 Å². The first-order valence-corrected chi connectivity index (χ1v) is 12.4. The van der Waals surface area contributed by atoms with Crippen molar-refractivity contribution in [3.05, 3.63) is 30.7 Å². The molecule has 2 saturated heterocycles. The van der Waals surface area contributed by atoms with Crippen LogP contribution in [0.25, 0.3) is 22.8 Å². The number of nitrogens with one attached hydrogen (secondary N) is 1. The van der Waals surface area contributed by atoms with Crippen molar-refractivity contribution in [1.82, 2.24) is 35.3 Å². The summed E-state index contributed by atoms with van der Waals surface area (Å²) in [5.41, 5.74) is 0.564. The summed E-state index contributed by atoms with van der Waals surface area (Å²) in [6.45, 7) is 4.24. The van der Waals surface area contributed by atoms with Gasteiger partial charge in [0.25, 0.3) is 0 Å². The Morgan fingerprint density at radius 1 is 1.14 bits per heavy atom. The summed E-state index contributed by atoms with van der Waals surface area (Å²) in [5, 5.41) is 27.3. The zero-order valence-electron chi connectivity index (χ0n) is 20.3. The largest absolute Gasteiger partial charge is 0.507 e. The number of phenolic OH excluding ortho intramolecular Hbond substituents is 1. The molecular weight excluding hydrogens is 447 g/mol. The Morgan fingerprint density at radius 3 is 2.63 bits per heavy atom. The summed E-state index contributed by atoms with van der Waals surface area (Å²) in [7, 11) is 1.79. The van der Waals surface area contributed by atoms with Crippen molar-refractivity contribution in [1.29, 1.82) is 0 Å². The molecule has 184 valence electrons. The molecule has 4 atom stereocenters. The van der Waals surface area contributed by atoms with E-state index >= 15 is 4.39 Å². The first-order chi connectivity index (χ1) is 16.7. The number of aromatic hydroxyl groups is 1. The van der Waals surface area contributed by atoms with Crippen LogP contribution in [0.15, 0.2) is 30.7 Å². The number of nitrogens with zero attached hydrogens (tertiary/aromatic N) is 7. The van der Waals surface area contributed by atoms with Crippen molar-refractivity contribution in [2.75, 3.05) is 4.90 Å². The maximum atomic E-state index is 16.0. The molecule has 4 heterocycles. The van der Waals surface area contributed by atoms with Crippen LogP contribution in [0.2, 0.25) is 0 Å². The first kappa shape index (κ1) is 22.3. The minimum absolute atomic E-state index is 0.0272. The molecule has 3 aliphatic rings. The fourth-order valence-corrected chi connectivity index (χ4v) is 6.07. The molecule has 0 radical (unpaired) electrons. The number of benzene rings is 1. The summed E-state index contributed by atoms with van der Waals surface area (Å²) in [6.07, 6.45) is 7.99. The molecule has 2 aliphatic heterocycles. The highest BCUT2D eigenvalue weighted by Gasteiger charge is 2.55. The number of halogens is 1. The molecule has 2 bridgehead atoms. The van der Waals surface area contributed by atoms with Crippen molar-refractivity contribution in [2.45, 2.75) is 81.7 Å². The van der Waals surface area contributed by atoms with Crippen molar-refractivity contribution in [3.63, 3.8) is 0 Å². The monoisotopic (exact) mass is 478 g/mol. The average molecular weight is 479 g/mol. The summed E-state index contributed by atoms with van der Waals surface area (Å²) >= 11 is 0. The molecule has 1 aromatic carbocycles. The first-order valence-electron chi connectivity index (χ1n) is 12.4. The summed E-state index contributed by atoms with van der Waals surface area (Å²) in [4.78, 5) is 10.9. The fraction of sp³-hybridized carbons (Fsp3) is 0.560. The maximum Gasteiger partial charge on any atom is 0.185 e. The lowest BCUT2D eigenvalue weighted by Crippen LogP contribution is -2.73. The van der Waals surface area contributed by atoms with Gasteiger partial charge in [-0.1, -0.05) is 6.07 Å². The quantitative estimate of drug-likeness (QED) is 0.575. The predicted molar refractivity (Wildman–Crippen MR) is 130 cm³/mol. The SMILES string of the molecule is Cn1cnc(-c2ccc(-c3ncc(N(C4CC4)[C@H]4C[C@]5(C)CCC[C@@](C)(N5)[C@H]4F)nn3)c(O)c2)n1. The molecule has 0 amide bonds. The number of fused-ring (bicyclic) bond motifs is 2. The molecule has 3 aromatic rings. The number of phenols is 1. The predicted octanol–water partition coefficient (Wildman–Crippen LogP) is 3.41. The number of aryl methyl sites for hydroxylation is 1. The standard InChI is InChI=1S/C25H31FN8O/c1-24-9-4-10-25(2,32-24)21(26)18(12-24)34(16-6-7-16)20-13-27-23(30-29-20)17-8-5-15(11-19(17)35)22-28-14-33(3)31-22/h5,8,11,13-14,16,18,21,32,35H,4,6-7,9-10,12H2,1-3H3/t18-,21-,24-,25+/m0/s1. The number of alkyl halides is 1. The normalized spacial score (nSPS) is 30.3. The van der Waals surface area contributed by atoms with Crippen LogP contribution in [-0.4, -0.2) is 64.4 Å². The Labute approximate surface area is 203 Å². The van der Waals surface area contributed by atoms with E-state index in [0.29, 0.717) is 28.6 Å². The van der Waals surface area contributed by atoms with Crippen molar-refractivity contribution in [3.8, 4) is 28.5 Å². The van der Waals surface area contributed by atoms with Gasteiger partial charge in [-0.05, 0) is 64.5 Å². The lowest BCUT2D eigenvalue weighted by molar-refractivity contribution is 0.000258. The molecule has 1 aliphatic carbocycles. The third-order valence-electron chi connectivity index (χ3n) is 7.83. The van der Waals surface area contributed by atoms with E-state index in [1.165, 1.54) is 0 Å². The van der Waals surface area contributed by atoms with Gasteiger partial charge in [-0.25, -0.2) is 14.4 Å². The second kappa shape index (κ2) is 7.94. The number of aromatic nitrogens is 6. The number of rotatable bonds is 5. The lowest BCUT2D eigenvalue weighted by Gasteiger charge is -2.57. The van der Waals surface area contributed by atoms with Crippen LogP contribution in [0.5, 0.6) is 5.75 Å². The topological polar surface area (TPSA) is 105 Å². The Kier molecular flexibility index (Phi) is 5.07. The Balaban J connectivity index is 1.28. The van der Waals surface area contributed by atoms with Gasteiger partial charge in [0, 0.05) is 29.7 Å². The van der Waals surface area contributed by atoms with Crippen LogP contribution in [-0.2, 0) is 7.05 Å². The molecule has 35 heavy (non-hydrogen) atoms. The third-order valence-corrected chi connectivity index (χ3v) is 7.83. The molecule has 0 spiro atoms. The molecule has 9 nitrogen and oxygen atoms in total. The van der Waals surface area contributed by atoms with Crippen LogP contribution in [0.3, 0.4) is 0 Å². The van der Waals surface area contributed by atoms with Crippen LogP contribution >= 0.6 is 0 Å². The van der Waals surface area contributed by atoms with Gasteiger partial charge in [-0.2, -0.15) is 5.10 Å². The summed E-state index contributed by atoms with van der Waals surface area (Å²) in [5.74, 6) is 1.48. The number of piperidine rings is 2. The van der Waals surface area contributed by atoms with Gasteiger partial charge in [0.15, 0.2) is 17.5 Å². The third kappa shape index (κ3) is 3.93. The minimum atomic E-state index is -1.00. The number of hydrogen-bond donors (Lipinski definition) is 2. The summed E-state index contributed by atoms with van der Waals surface area (Å²) in [6, 6.07) is 5.16. The Bertz CT molecular complexity index is 1240. The minimum Gasteiger partial charge on any atom is -0.507 e. The Hall–Kier alpha value is -3.14. The molecule has 3 fully saturated rings. The molecule has 10 heteroatoms. The van der Waals surface area contributed by atoms with Crippen LogP contribution in [0.4, 0.5) is 10.2 Å². The molecular formula is C25H31FN8O. The maximum absolute atomic E-state index is 16.0. The van der Waals surface area contributed by atoms with E-state index in [1.54, 1.807) is 36.4 Å². The van der Waals surface area contributed by atoms with Gasteiger partial charge in [0.05, 0.1) is 17.8 Å². The molecule has 2 aromatic heterocycles. The van der Waals surface area contributed by atoms with Crippen LogP contribution in [0, 0.1) is 0 Å². The molecule has 0 unspecified atom stereocenters. The Morgan fingerprint density at radius 2 is 1.97 bits per heavy atom. The van der Waals surface area contributed by atoms with Crippen molar-refractivity contribution in [2.24, 2.45) is 7.05 Å². The van der Waals surface area contributed by atoms with E-state index in [4.69, 9.17) is 0 Å². The van der Waals surface area contributed by atoms with E-state index in [-0.39, 0.29) is 23.4 Å². The van der Waals surface area contributed by atoms with Crippen LogP contribution in [0.1, 0.15) is 52.4 Å². The van der Waals surface area contributed by atoms with Gasteiger partial charge in [-0.3, -0.25) is 4.68 Å². The fourth-order valence-electron chi connectivity index (χ4n) is 6.07. The average Bonchev–Trinajstić information content (AvgIpc) is 3.56. The number of hydrogen-bond acceptors (Lipinski definition) is 8. The molecule has 6 rings (SSSR count). The highest BCUT2D eigenvalue weighted by Crippen LogP contribution is 2.46. The molecule has 1 saturated carbocycles. The van der Waals surface area contributed by atoms with E-state index in [2.05, 4.69) is 42.4 Å². The van der Waals surface area contributed by atoms with E-state index in [0.717, 1.165) is 38.5 Å². The van der Waals surface area contributed by atoms with E-state index in [1.807, 2.05) is 13.0 Å². The molecule has 2 N–H and O–H groups in total. The highest BCUT2D eigenvalue weighted by molar-refractivity contribution is 5.70. The zero-order chi connectivity index (χ0) is 24.4. The second-order valence-corrected chi connectivity index (χ2v) is 10.9. The second-order valence-electron chi connectivity index (χ2n) is 10.9. The van der Waals surface area contributed by atoms with Crippen molar-refractivity contribution >= 4 is 5.82 Å². The van der Waals surface area contributed by atoms with Gasteiger partial charge in [-0.15, -0.1) is 10.2 Å². The van der Waals surface area contributed by atoms with Gasteiger partial charge in [0.1, 0.15) is 18.2 Å². The van der Waals surface area contributed by atoms with Gasteiger partial charge >= 0.3 is 0 Å². The number of anilines is 1. The van der Waals surface area contributed by atoms with E-state index in [9.17, 15) is 5.11 Å². The smallest absolute Gasteiger partial charge is 0.185 e. The van der Waals surface area contributed by atoms with Gasteiger partial charge in [0.2, 0.25) is 0 Å². The zero-order valence-corrected chi connectivity index (χ0v) is 20.3. The van der Waals surface area contributed by atoms with E-state index < -0.39 is 11.7 Å². The lowest BCUT2D eigenvalue weighted by atomic mass is 9.68.